The predicted molar refractivity (Wildman–Crippen MR) is 109 cm³/mol. The van der Waals surface area contributed by atoms with Gasteiger partial charge in [0.1, 0.15) is 5.82 Å². The third-order valence-electron chi connectivity index (χ3n) is 5.26. The Hall–Kier alpha value is -3.66. The van der Waals surface area contributed by atoms with Crippen molar-refractivity contribution in [3.05, 3.63) is 108 Å². The summed E-state index contributed by atoms with van der Waals surface area (Å²) in [6.07, 6.45) is 3.80. The first-order valence-electron chi connectivity index (χ1n) is 9.14. The van der Waals surface area contributed by atoms with Crippen molar-refractivity contribution in [3.63, 3.8) is 0 Å². The number of hydrogen-bond donors (Lipinski definition) is 2. The van der Waals surface area contributed by atoms with E-state index in [1.807, 2.05) is 60.9 Å². The quantitative estimate of drug-likeness (QED) is 0.387. The second-order valence-electron chi connectivity index (χ2n) is 6.88. The van der Waals surface area contributed by atoms with E-state index in [-0.39, 0.29) is 11.6 Å². The summed E-state index contributed by atoms with van der Waals surface area (Å²) in [5, 5.41) is 2.02. The fraction of sp³-hybridized carbons (Fsp3) is 0.0417. The van der Waals surface area contributed by atoms with E-state index in [9.17, 15) is 9.18 Å². The molecule has 0 saturated carbocycles. The van der Waals surface area contributed by atoms with Gasteiger partial charge in [-0.05, 0) is 47.5 Å². The number of H-pyrrole nitrogens is 2. The first kappa shape index (κ1) is 16.5. The van der Waals surface area contributed by atoms with Crippen LogP contribution in [0.25, 0.3) is 21.8 Å². The highest BCUT2D eigenvalue weighted by molar-refractivity contribution is 6.07. The normalized spacial score (nSPS) is 11.5. The molecule has 0 aliphatic heterocycles. The van der Waals surface area contributed by atoms with E-state index in [1.54, 1.807) is 12.1 Å². The van der Waals surface area contributed by atoms with Gasteiger partial charge in [-0.25, -0.2) is 4.39 Å². The topological polar surface area (TPSA) is 48.6 Å². The van der Waals surface area contributed by atoms with E-state index in [4.69, 9.17) is 0 Å². The second kappa shape index (κ2) is 6.50. The first-order valence-corrected chi connectivity index (χ1v) is 9.14. The highest BCUT2D eigenvalue weighted by Gasteiger charge is 2.28. The Balaban J connectivity index is 1.74. The third-order valence-corrected chi connectivity index (χ3v) is 5.26. The molecule has 3 aromatic carbocycles. The minimum atomic E-state index is -0.502. The molecule has 28 heavy (non-hydrogen) atoms. The minimum Gasteiger partial charge on any atom is -0.361 e. The van der Waals surface area contributed by atoms with Crippen molar-refractivity contribution in [2.24, 2.45) is 0 Å². The van der Waals surface area contributed by atoms with Gasteiger partial charge in [0.2, 0.25) is 0 Å². The van der Waals surface area contributed by atoms with Gasteiger partial charge >= 0.3 is 0 Å². The molecule has 0 unspecified atom stereocenters. The summed E-state index contributed by atoms with van der Waals surface area (Å²) in [6.45, 7) is 0. The van der Waals surface area contributed by atoms with Crippen LogP contribution in [-0.2, 0) is 0 Å². The summed E-state index contributed by atoms with van der Waals surface area (Å²) in [7, 11) is 0. The Morgan fingerprint density at radius 2 is 1.21 bits per heavy atom. The zero-order valence-electron chi connectivity index (χ0n) is 14.9. The molecule has 0 aliphatic carbocycles. The maximum Gasteiger partial charge on any atom is 0.174 e. The number of halogens is 1. The van der Waals surface area contributed by atoms with Gasteiger partial charge in [-0.2, -0.15) is 0 Å². The fourth-order valence-corrected chi connectivity index (χ4v) is 3.90. The predicted octanol–water partition coefficient (Wildman–Crippen LogP) is 5.80. The molecule has 0 spiro atoms. The molecule has 0 atom stereocenters. The maximum atomic E-state index is 13.6. The lowest BCUT2D eigenvalue weighted by Gasteiger charge is -2.16. The molecule has 2 heterocycles. The Labute approximate surface area is 160 Å². The van der Waals surface area contributed by atoms with E-state index in [2.05, 4.69) is 9.97 Å². The highest BCUT2D eigenvalue weighted by Crippen LogP contribution is 2.37. The summed E-state index contributed by atoms with van der Waals surface area (Å²) in [6, 6.07) is 21.6. The van der Waals surface area contributed by atoms with Crippen LogP contribution in [0.3, 0.4) is 0 Å². The van der Waals surface area contributed by atoms with E-state index < -0.39 is 5.92 Å². The van der Waals surface area contributed by atoms with Crippen molar-refractivity contribution in [2.75, 3.05) is 0 Å². The van der Waals surface area contributed by atoms with Crippen LogP contribution in [0.5, 0.6) is 0 Å². The molecule has 0 aliphatic rings. The minimum absolute atomic E-state index is 0.0606. The lowest BCUT2D eigenvalue weighted by atomic mass is 9.84. The number of ketones is 1. The van der Waals surface area contributed by atoms with Crippen molar-refractivity contribution in [2.45, 2.75) is 5.92 Å². The molecule has 0 bridgehead atoms. The van der Waals surface area contributed by atoms with E-state index in [1.165, 1.54) is 12.1 Å². The number of Topliss-reactive ketones (excluding diaryl/α,β-unsaturated/α-hetero) is 1. The molecule has 5 aromatic rings. The van der Waals surface area contributed by atoms with Gasteiger partial charge in [-0.3, -0.25) is 4.79 Å². The van der Waals surface area contributed by atoms with Crippen LogP contribution in [0.2, 0.25) is 0 Å². The van der Waals surface area contributed by atoms with Crippen molar-refractivity contribution < 1.29 is 9.18 Å². The van der Waals surface area contributed by atoms with E-state index in [0.29, 0.717) is 5.56 Å². The van der Waals surface area contributed by atoms with E-state index in [0.717, 1.165) is 32.9 Å². The Bertz CT molecular complexity index is 1220. The van der Waals surface area contributed by atoms with Gasteiger partial charge in [0.15, 0.2) is 5.78 Å². The van der Waals surface area contributed by atoms with Crippen molar-refractivity contribution in [1.29, 1.82) is 0 Å². The molecule has 0 fully saturated rings. The molecule has 2 N–H and O–H groups in total. The van der Waals surface area contributed by atoms with Crippen LogP contribution in [0, 0.1) is 5.82 Å². The van der Waals surface area contributed by atoms with Crippen molar-refractivity contribution >= 4 is 27.6 Å². The third kappa shape index (κ3) is 2.62. The number of carbonyl (C=O) groups excluding carboxylic acids is 1. The molecular formula is C24H17FN2O. The second-order valence-corrected chi connectivity index (χ2v) is 6.88. The van der Waals surface area contributed by atoms with Crippen molar-refractivity contribution in [1.82, 2.24) is 9.97 Å². The van der Waals surface area contributed by atoms with Crippen LogP contribution in [0.4, 0.5) is 4.39 Å². The van der Waals surface area contributed by atoms with Gasteiger partial charge < -0.3 is 9.97 Å². The molecule has 136 valence electrons. The van der Waals surface area contributed by atoms with E-state index >= 15 is 0 Å². The molecular weight excluding hydrogens is 351 g/mol. The summed E-state index contributed by atoms with van der Waals surface area (Å²) in [5.74, 6) is -0.917. The van der Waals surface area contributed by atoms with Gasteiger partial charge in [0.25, 0.3) is 0 Å². The standard InChI is InChI=1S/C24H17FN2O/c25-16-11-9-15(10-12-16)24(28)23(19-13-26-21-7-3-1-5-17(19)21)20-14-27-22-8-4-2-6-18(20)22/h1-14,23,26-27H. The van der Waals surface area contributed by atoms with Crippen LogP contribution in [-0.4, -0.2) is 15.8 Å². The molecule has 0 radical (unpaired) electrons. The largest absolute Gasteiger partial charge is 0.361 e. The fourth-order valence-electron chi connectivity index (χ4n) is 3.90. The van der Waals surface area contributed by atoms with Crippen LogP contribution < -0.4 is 0 Å². The Kier molecular flexibility index (Phi) is 3.83. The summed E-state index contributed by atoms with van der Waals surface area (Å²) in [5.41, 5.74) is 4.27. The van der Waals surface area contributed by atoms with Crippen LogP contribution in [0.15, 0.2) is 85.2 Å². The zero-order valence-corrected chi connectivity index (χ0v) is 14.9. The van der Waals surface area contributed by atoms with Gasteiger partial charge in [-0.15, -0.1) is 0 Å². The van der Waals surface area contributed by atoms with Crippen LogP contribution >= 0.6 is 0 Å². The van der Waals surface area contributed by atoms with Gasteiger partial charge in [-0.1, -0.05) is 36.4 Å². The smallest absolute Gasteiger partial charge is 0.174 e. The number of aromatic amines is 2. The number of hydrogen-bond acceptors (Lipinski definition) is 1. The number of para-hydroxylation sites is 2. The summed E-state index contributed by atoms with van der Waals surface area (Å²) >= 11 is 0. The van der Waals surface area contributed by atoms with Gasteiger partial charge in [0.05, 0.1) is 5.92 Å². The first-order chi connectivity index (χ1) is 13.7. The van der Waals surface area contributed by atoms with Gasteiger partial charge in [0, 0.05) is 39.8 Å². The molecule has 0 amide bonds. The SMILES string of the molecule is O=C(c1ccc(F)cc1)C(c1c[nH]c2ccccc12)c1c[nH]c2ccccc12. The average molecular weight is 368 g/mol. The molecule has 3 nitrogen and oxygen atoms in total. The lowest BCUT2D eigenvalue weighted by Crippen LogP contribution is -2.14. The average Bonchev–Trinajstić information content (AvgIpc) is 3.34. The Morgan fingerprint density at radius 3 is 1.75 bits per heavy atom. The Morgan fingerprint density at radius 1 is 0.714 bits per heavy atom. The number of benzene rings is 3. The monoisotopic (exact) mass is 368 g/mol. The zero-order chi connectivity index (χ0) is 19.1. The van der Waals surface area contributed by atoms with Crippen molar-refractivity contribution in [3.8, 4) is 0 Å². The molecule has 4 heteroatoms. The molecule has 0 saturated heterocycles. The highest BCUT2D eigenvalue weighted by atomic mass is 19.1. The summed E-state index contributed by atoms with van der Waals surface area (Å²) < 4.78 is 13.4. The number of aromatic nitrogens is 2. The molecule has 2 aromatic heterocycles. The number of carbonyl (C=O) groups is 1. The number of rotatable bonds is 4. The summed E-state index contributed by atoms with van der Waals surface area (Å²) in [4.78, 5) is 20.1. The number of fused-ring (bicyclic) bond motifs is 2. The van der Waals surface area contributed by atoms with Crippen LogP contribution in [0.1, 0.15) is 27.4 Å². The molecule has 5 rings (SSSR count). The maximum absolute atomic E-state index is 13.6. The lowest BCUT2D eigenvalue weighted by molar-refractivity contribution is 0.0974. The number of nitrogens with one attached hydrogen (secondary N) is 2.